The van der Waals surface area contributed by atoms with Gasteiger partial charge >= 0.3 is 0 Å². The Morgan fingerprint density at radius 1 is 1.20 bits per heavy atom. The number of carbonyl (C=O) groups excluding carboxylic acids is 1. The van der Waals surface area contributed by atoms with E-state index in [2.05, 4.69) is 11.9 Å². The second-order valence-electron chi connectivity index (χ2n) is 5.73. The van der Waals surface area contributed by atoms with Gasteiger partial charge in [0.2, 0.25) is 5.91 Å². The number of carbonyl (C=O) groups is 1. The monoisotopic (exact) mass is 353 g/mol. The Balaban J connectivity index is 2.23. The number of nitrogens with two attached hydrogens (primary N) is 1. The number of benzene rings is 2. The normalized spacial score (nSPS) is 12.2. The van der Waals surface area contributed by atoms with E-state index in [1.807, 2.05) is 36.4 Å². The first-order chi connectivity index (χ1) is 12.0. The molecule has 0 unspecified atom stereocenters. The lowest BCUT2D eigenvalue weighted by atomic mass is 10.1. The topological polar surface area (TPSA) is 78.0 Å². The maximum atomic E-state index is 13.0. The smallest absolute Gasteiger partial charge is 0.266 e. The fraction of sp³-hybridized carbons (Fsp3) is 0.211. The molecule has 1 atom stereocenters. The van der Waals surface area contributed by atoms with Crippen LogP contribution in [0.2, 0.25) is 0 Å². The van der Waals surface area contributed by atoms with Gasteiger partial charge in [-0.2, -0.15) is 0 Å². The second kappa shape index (κ2) is 7.11. The highest BCUT2D eigenvalue weighted by atomic mass is 32.2. The van der Waals surface area contributed by atoms with Crippen LogP contribution in [0.4, 0.5) is 0 Å². The molecule has 2 aromatic carbocycles. The minimum Gasteiger partial charge on any atom is -0.369 e. The first-order valence-corrected chi connectivity index (χ1v) is 8.96. The van der Waals surface area contributed by atoms with Crippen molar-refractivity contribution in [3.05, 3.63) is 64.4 Å². The fourth-order valence-corrected chi connectivity index (χ4v) is 3.39. The molecule has 128 valence electrons. The Morgan fingerprint density at radius 3 is 2.52 bits per heavy atom. The Labute approximate surface area is 149 Å². The molecule has 0 spiro atoms. The van der Waals surface area contributed by atoms with Gasteiger partial charge in [0.1, 0.15) is 0 Å². The molecule has 0 radical (unpaired) electrons. The van der Waals surface area contributed by atoms with Crippen LogP contribution >= 0.6 is 11.8 Å². The van der Waals surface area contributed by atoms with Crippen LogP contribution in [0.15, 0.2) is 58.5 Å². The van der Waals surface area contributed by atoms with Crippen molar-refractivity contribution in [2.75, 3.05) is 0 Å². The maximum absolute atomic E-state index is 13.0. The molecule has 3 rings (SSSR count). The Morgan fingerprint density at radius 2 is 1.88 bits per heavy atom. The molecule has 6 heteroatoms. The van der Waals surface area contributed by atoms with Crippen molar-refractivity contribution in [2.45, 2.75) is 30.7 Å². The van der Waals surface area contributed by atoms with Crippen LogP contribution in [0.3, 0.4) is 0 Å². The average molecular weight is 353 g/mol. The highest BCUT2D eigenvalue weighted by Crippen LogP contribution is 2.25. The zero-order valence-corrected chi connectivity index (χ0v) is 14.9. The molecule has 25 heavy (non-hydrogen) atoms. The van der Waals surface area contributed by atoms with Crippen LogP contribution in [0.25, 0.3) is 16.6 Å². The summed E-state index contributed by atoms with van der Waals surface area (Å²) in [6, 6.07) is 15.0. The van der Waals surface area contributed by atoms with Gasteiger partial charge in [0, 0.05) is 0 Å². The molecule has 0 aliphatic rings. The van der Waals surface area contributed by atoms with Gasteiger partial charge in [-0.1, -0.05) is 43.0 Å². The van der Waals surface area contributed by atoms with Gasteiger partial charge in [0.25, 0.3) is 5.56 Å². The van der Waals surface area contributed by atoms with E-state index >= 15 is 0 Å². The number of rotatable bonds is 5. The number of thioether (sulfide) groups is 1. The minimum atomic E-state index is -0.491. The molecule has 0 saturated heterocycles. The number of aryl methyl sites for hydroxylation is 1. The lowest BCUT2D eigenvalue weighted by Gasteiger charge is -2.15. The van der Waals surface area contributed by atoms with E-state index in [4.69, 9.17) is 5.73 Å². The lowest BCUT2D eigenvalue weighted by molar-refractivity contribution is -0.117. The van der Waals surface area contributed by atoms with E-state index in [0.717, 1.165) is 12.1 Å². The number of amides is 1. The minimum absolute atomic E-state index is 0.158. The summed E-state index contributed by atoms with van der Waals surface area (Å²) in [4.78, 5) is 29.1. The van der Waals surface area contributed by atoms with Crippen molar-refractivity contribution in [1.29, 1.82) is 0 Å². The maximum Gasteiger partial charge on any atom is 0.266 e. The third kappa shape index (κ3) is 3.44. The van der Waals surface area contributed by atoms with Crippen LogP contribution in [0, 0.1) is 0 Å². The van der Waals surface area contributed by atoms with E-state index in [0.29, 0.717) is 16.1 Å². The van der Waals surface area contributed by atoms with Gasteiger partial charge in [-0.05, 0) is 43.2 Å². The number of hydrogen-bond acceptors (Lipinski definition) is 4. The summed E-state index contributed by atoms with van der Waals surface area (Å²) in [5, 5.41) is 0.506. The van der Waals surface area contributed by atoms with Crippen LogP contribution in [-0.2, 0) is 11.2 Å². The quantitative estimate of drug-likeness (QED) is 0.565. The third-order valence-corrected chi connectivity index (χ3v) is 5.10. The Bertz CT molecular complexity index is 980. The van der Waals surface area contributed by atoms with E-state index in [-0.39, 0.29) is 5.56 Å². The van der Waals surface area contributed by atoms with E-state index < -0.39 is 11.2 Å². The highest BCUT2D eigenvalue weighted by molar-refractivity contribution is 8.00. The van der Waals surface area contributed by atoms with Crippen molar-refractivity contribution in [3.63, 3.8) is 0 Å². The molecule has 3 aromatic rings. The van der Waals surface area contributed by atoms with E-state index in [1.165, 1.54) is 17.3 Å². The molecule has 0 bridgehead atoms. The first kappa shape index (κ1) is 17.2. The SMILES string of the molecule is CCc1ccc(-n2c(S[C@@H](C)C(N)=O)nc3ccccc3c2=O)cc1. The zero-order valence-electron chi connectivity index (χ0n) is 14.1. The largest absolute Gasteiger partial charge is 0.369 e. The molecule has 0 saturated carbocycles. The van der Waals surface area contributed by atoms with Crippen molar-refractivity contribution < 1.29 is 4.79 Å². The molecule has 0 aliphatic carbocycles. The summed E-state index contributed by atoms with van der Waals surface area (Å²) in [6.07, 6.45) is 0.922. The summed E-state index contributed by atoms with van der Waals surface area (Å²) >= 11 is 1.19. The van der Waals surface area contributed by atoms with Gasteiger partial charge in [-0.3, -0.25) is 14.2 Å². The Hall–Kier alpha value is -2.60. The summed E-state index contributed by atoms with van der Waals surface area (Å²) < 4.78 is 1.55. The first-order valence-electron chi connectivity index (χ1n) is 8.08. The fourth-order valence-electron chi connectivity index (χ4n) is 2.52. The van der Waals surface area contributed by atoms with Crippen molar-refractivity contribution in [3.8, 4) is 5.69 Å². The van der Waals surface area contributed by atoms with Crippen molar-refractivity contribution >= 4 is 28.6 Å². The van der Waals surface area contributed by atoms with Crippen molar-refractivity contribution in [2.24, 2.45) is 5.73 Å². The molecular weight excluding hydrogens is 334 g/mol. The third-order valence-electron chi connectivity index (χ3n) is 4.03. The van der Waals surface area contributed by atoms with E-state index in [9.17, 15) is 9.59 Å². The number of primary amides is 1. The van der Waals surface area contributed by atoms with Crippen LogP contribution in [0.1, 0.15) is 19.4 Å². The number of fused-ring (bicyclic) bond motifs is 1. The average Bonchev–Trinajstić information content (AvgIpc) is 2.62. The number of nitrogens with zero attached hydrogens (tertiary/aromatic N) is 2. The lowest BCUT2D eigenvalue weighted by Crippen LogP contribution is -2.26. The number of hydrogen-bond donors (Lipinski definition) is 1. The second-order valence-corrected chi connectivity index (χ2v) is 7.04. The molecule has 0 aliphatic heterocycles. The van der Waals surface area contributed by atoms with Gasteiger partial charge in [-0.15, -0.1) is 0 Å². The Kier molecular flexibility index (Phi) is 4.90. The zero-order chi connectivity index (χ0) is 18.0. The van der Waals surface area contributed by atoms with Crippen LogP contribution in [-0.4, -0.2) is 20.7 Å². The summed E-state index contributed by atoms with van der Waals surface area (Å²) in [7, 11) is 0. The van der Waals surface area contributed by atoms with Crippen LogP contribution < -0.4 is 11.3 Å². The van der Waals surface area contributed by atoms with Gasteiger partial charge in [0.05, 0.1) is 21.8 Å². The predicted molar refractivity (Wildman–Crippen MR) is 101 cm³/mol. The van der Waals surface area contributed by atoms with Gasteiger partial charge in [-0.25, -0.2) is 4.98 Å². The summed E-state index contributed by atoms with van der Waals surface area (Å²) in [6.45, 7) is 3.79. The van der Waals surface area contributed by atoms with Gasteiger partial charge < -0.3 is 5.73 Å². The molecular formula is C19H19N3O2S. The standard InChI is InChI=1S/C19H19N3O2S/c1-3-13-8-10-14(11-9-13)22-18(24)15-6-4-5-7-16(15)21-19(22)25-12(2)17(20)23/h4-12H,3H2,1-2H3,(H2,20,23)/t12-/m0/s1. The molecule has 1 amide bonds. The van der Waals surface area contributed by atoms with Crippen LogP contribution in [0.5, 0.6) is 0 Å². The number of para-hydroxylation sites is 1. The molecule has 1 heterocycles. The predicted octanol–water partition coefficient (Wildman–Crippen LogP) is 2.91. The summed E-state index contributed by atoms with van der Waals surface area (Å²) in [5.74, 6) is -0.444. The van der Waals surface area contributed by atoms with E-state index in [1.54, 1.807) is 23.6 Å². The molecule has 2 N–H and O–H groups in total. The molecule has 5 nitrogen and oxygen atoms in total. The summed E-state index contributed by atoms with van der Waals surface area (Å²) in [5.41, 5.74) is 7.74. The molecule has 1 aromatic heterocycles. The molecule has 0 fully saturated rings. The highest BCUT2D eigenvalue weighted by Gasteiger charge is 2.18. The number of aromatic nitrogens is 2. The van der Waals surface area contributed by atoms with Gasteiger partial charge in [0.15, 0.2) is 5.16 Å². The van der Waals surface area contributed by atoms with Crippen molar-refractivity contribution in [1.82, 2.24) is 9.55 Å².